The third kappa shape index (κ3) is 4.40. The van der Waals surface area contributed by atoms with Gasteiger partial charge in [-0.3, -0.25) is 0 Å². The van der Waals surface area contributed by atoms with Crippen LogP contribution in [0.4, 0.5) is 65.9 Å². The summed E-state index contributed by atoms with van der Waals surface area (Å²) >= 11 is 0. The molecule has 9 aromatic rings. The molecule has 0 fully saturated rings. The van der Waals surface area contributed by atoms with Gasteiger partial charge in [-0.05, 0) is 35.0 Å². The Labute approximate surface area is 299 Å². The molecule has 0 N–H and O–H groups in total. The van der Waals surface area contributed by atoms with Crippen LogP contribution in [0.2, 0.25) is 0 Å². The van der Waals surface area contributed by atoms with E-state index in [1.165, 1.54) is 0 Å². The van der Waals surface area contributed by atoms with Gasteiger partial charge in [0.15, 0.2) is 75.6 Å². The maximum Gasteiger partial charge on any atom is 0.639 e. The van der Waals surface area contributed by atoms with E-state index < -0.39 is 165 Å². The highest BCUT2D eigenvalue weighted by molar-refractivity contribution is 6.63. The number of rotatable bonds is 5. The number of benzene rings is 9. The highest BCUT2D eigenvalue weighted by Crippen LogP contribution is 2.47. The van der Waals surface area contributed by atoms with E-state index >= 15 is 43.9 Å². The van der Waals surface area contributed by atoms with Gasteiger partial charge in [0.1, 0.15) is 23.1 Å². The quantitative estimate of drug-likeness (QED) is 0.0568. The molecule has 0 aliphatic rings. The third-order valence-electron chi connectivity index (χ3n) is 9.68. The van der Waals surface area contributed by atoms with Crippen LogP contribution in [-0.2, 0) is 0 Å². The lowest BCUT2D eigenvalue weighted by Gasteiger charge is -2.23. The molecule has 56 heavy (non-hydrogen) atoms. The van der Waals surface area contributed by atoms with Crippen molar-refractivity contribution >= 4 is 77.2 Å². The summed E-state index contributed by atoms with van der Waals surface area (Å²) in [5.74, 6) is -36.9. The summed E-state index contributed by atoms with van der Waals surface area (Å²) in [6, 6.07) is 7.17. The Morgan fingerprint density at radius 3 is 1.00 bits per heavy atom. The van der Waals surface area contributed by atoms with Crippen LogP contribution in [0.25, 0.3) is 64.6 Å². The van der Waals surface area contributed by atoms with Crippen LogP contribution in [0.5, 0.6) is 11.5 Å². The molecule has 0 saturated carbocycles. The molecule has 0 amide bonds. The van der Waals surface area contributed by atoms with Gasteiger partial charge < -0.3 is 9.31 Å². The van der Waals surface area contributed by atoms with Crippen molar-refractivity contribution in [2.24, 2.45) is 0 Å². The van der Waals surface area contributed by atoms with E-state index in [4.69, 9.17) is 9.31 Å². The average molecular weight is 792 g/mol. The van der Waals surface area contributed by atoms with Gasteiger partial charge in [0.25, 0.3) is 0 Å². The smallest absolute Gasteiger partial charge is 0.519 e. The first-order valence-electron chi connectivity index (χ1n) is 15.6. The first kappa shape index (κ1) is 35.4. The Morgan fingerprint density at radius 2 is 0.607 bits per heavy atom. The van der Waals surface area contributed by atoms with Crippen LogP contribution in [0, 0.1) is 87.3 Å². The maximum absolute atomic E-state index is 16.0. The van der Waals surface area contributed by atoms with E-state index in [0.717, 1.165) is 36.4 Å². The summed E-state index contributed by atoms with van der Waals surface area (Å²) in [4.78, 5) is 0. The maximum atomic E-state index is 16.0. The fraction of sp³-hybridized carbons (Fsp3) is 0. The zero-order chi connectivity index (χ0) is 40.0. The number of hydrogen-bond acceptors (Lipinski definition) is 2. The largest absolute Gasteiger partial charge is 0.639 e. The van der Waals surface area contributed by atoms with Crippen LogP contribution < -0.4 is 14.8 Å². The monoisotopic (exact) mass is 792 g/mol. The number of hydrogen-bond donors (Lipinski definition) is 0. The Bertz CT molecular complexity index is 3020. The van der Waals surface area contributed by atoms with Crippen molar-refractivity contribution in [1.29, 1.82) is 0 Å². The summed E-state index contributed by atoms with van der Waals surface area (Å²) in [7, 11) is -3.39. The van der Waals surface area contributed by atoms with Crippen molar-refractivity contribution in [3.05, 3.63) is 136 Å². The first-order chi connectivity index (χ1) is 26.6. The lowest BCUT2D eigenvalue weighted by molar-refractivity contribution is 0.368. The van der Waals surface area contributed by atoms with Crippen LogP contribution in [0.1, 0.15) is 0 Å². The zero-order valence-corrected chi connectivity index (χ0v) is 26.7. The van der Waals surface area contributed by atoms with E-state index in [-0.39, 0.29) is 10.8 Å². The van der Waals surface area contributed by atoms with Gasteiger partial charge in [-0.1, -0.05) is 24.3 Å². The minimum atomic E-state index is -3.39. The summed E-state index contributed by atoms with van der Waals surface area (Å²) in [6.07, 6.45) is 0. The first-order valence-corrected chi connectivity index (χ1v) is 15.6. The van der Waals surface area contributed by atoms with Gasteiger partial charge in [0.05, 0.1) is 27.0 Å². The molecule has 0 aliphatic heterocycles. The van der Waals surface area contributed by atoms with E-state index in [1.807, 2.05) is 0 Å². The second-order valence-electron chi connectivity index (χ2n) is 12.5. The van der Waals surface area contributed by atoms with Gasteiger partial charge in [0.2, 0.25) is 0 Å². The molecular formula is C38H8BF15O2. The van der Waals surface area contributed by atoms with Gasteiger partial charge in [-0.15, -0.1) is 0 Å². The van der Waals surface area contributed by atoms with E-state index in [9.17, 15) is 22.0 Å². The van der Waals surface area contributed by atoms with Gasteiger partial charge in [-0.2, -0.15) is 8.78 Å². The van der Waals surface area contributed by atoms with Crippen LogP contribution in [-0.4, -0.2) is 7.12 Å². The van der Waals surface area contributed by atoms with Crippen molar-refractivity contribution in [3.8, 4) is 11.5 Å². The van der Waals surface area contributed by atoms with Crippen LogP contribution in [0.3, 0.4) is 0 Å². The Hall–Kier alpha value is -6.33. The van der Waals surface area contributed by atoms with Crippen molar-refractivity contribution in [1.82, 2.24) is 0 Å². The second kappa shape index (κ2) is 11.8. The molecule has 2 nitrogen and oxygen atoms in total. The molecule has 9 aromatic carbocycles. The highest BCUT2D eigenvalue weighted by Gasteiger charge is 2.43. The molecule has 280 valence electrons. The fourth-order valence-corrected chi connectivity index (χ4v) is 7.25. The molecule has 0 radical (unpaired) electrons. The molecule has 0 aliphatic carbocycles. The summed E-state index contributed by atoms with van der Waals surface area (Å²) < 4.78 is 239. The molecule has 0 aromatic heterocycles. The third-order valence-corrected chi connectivity index (χ3v) is 9.68. The lowest BCUT2D eigenvalue weighted by atomic mass is 9.76. The minimum absolute atomic E-state index is 0.103. The minimum Gasteiger partial charge on any atom is -0.519 e. The normalized spacial score (nSPS) is 12.2. The molecule has 0 heterocycles. The SMILES string of the molecule is Fc1c(F)c(F)c(B(Oc2c(F)c(F)c3c(F)c(F)c4c(F)ccc5ccc2c3c54)Oc2c(F)c(F)c3c(F)c(F)c4c(F)ccc5ccc2c3c54)c(F)c1F. The van der Waals surface area contributed by atoms with Crippen molar-refractivity contribution < 1.29 is 75.2 Å². The van der Waals surface area contributed by atoms with Crippen LogP contribution >= 0.6 is 0 Å². The summed E-state index contributed by atoms with van der Waals surface area (Å²) in [5, 5.41) is -9.74. The molecule has 0 saturated heterocycles. The molecule has 9 rings (SSSR count). The molecular weight excluding hydrogens is 784 g/mol. The molecule has 18 heteroatoms. The Balaban J connectivity index is 1.37. The number of halogens is 15. The summed E-state index contributed by atoms with van der Waals surface area (Å²) in [6.45, 7) is 0. The second-order valence-corrected chi connectivity index (χ2v) is 12.5. The Kier molecular flexibility index (Phi) is 7.48. The lowest BCUT2D eigenvalue weighted by Crippen LogP contribution is -2.48. The highest BCUT2D eigenvalue weighted by atomic mass is 19.2. The topological polar surface area (TPSA) is 18.5 Å². The fourth-order valence-electron chi connectivity index (χ4n) is 7.25. The zero-order valence-electron chi connectivity index (χ0n) is 26.7. The van der Waals surface area contributed by atoms with Crippen LogP contribution in [0.15, 0.2) is 48.5 Å². The van der Waals surface area contributed by atoms with Gasteiger partial charge in [0, 0.05) is 32.3 Å². The predicted octanol–water partition coefficient (Wildman–Crippen LogP) is 11.4. The standard InChI is InChI=1S/C38H8BF15O2/c40-13-7-3-9-1-5-11-17-15(9)19(13)24(42)26(44)21(17)28(46)35(53)37(11)55-39(23-30(48)32(50)34(52)33(51)31(23)49)56-38-12-6-2-10-4-8-14(41)20-16(10)18(12)22(27(45)25(20)43)29(47)36(38)54/h1-8H. The summed E-state index contributed by atoms with van der Waals surface area (Å²) in [5.41, 5.74) is -2.18. The molecule has 0 unspecified atom stereocenters. The predicted molar refractivity (Wildman–Crippen MR) is 173 cm³/mol. The Morgan fingerprint density at radius 1 is 0.286 bits per heavy atom. The van der Waals surface area contributed by atoms with Gasteiger partial charge in [-0.25, -0.2) is 57.1 Å². The van der Waals surface area contributed by atoms with Crippen molar-refractivity contribution in [3.63, 3.8) is 0 Å². The molecule has 0 bridgehead atoms. The molecule has 0 spiro atoms. The van der Waals surface area contributed by atoms with E-state index in [0.29, 0.717) is 12.1 Å². The van der Waals surface area contributed by atoms with E-state index in [2.05, 4.69) is 0 Å². The molecule has 0 atom stereocenters. The van der Waals surface area contributed by atoms with Gasteiger partial charge >= 0.3 is 7.12 Å². The van der Waals surface area contributed by atoms with E-state index in [1.54, 1.807) is 0 Å². The van der Waals surface area contributed by atoms with Crippen molar-refractivity contribution in [2.45, 2.75) is 0 Å². The van der Waals surface area contributed by atoms with Crippen molar-refractivity contribution in [2.75, 3.05) is 0 Å². The average Bonchev–Trinajstić information content (AvgIpc) is 3.17.